The molecule has 0 spiro atoms. The number of aromatic nitrogens is 2. The maximum atomic E-state index is 13.0. The molecule has 1 atom stereocenters. The predicted octanol–water partition coefficient (Wildman–Crippen LogP) is 2.01. The van der Waals surface area contributed by atoms with Gasteiger partial charge >= 0.3 is 0 Å². The minimum Gasteiger partial charge on any atom is -0.308 e. The highest BCUT2D eigenvalue weighted by atomic mass is 32.2. The van der Waals surface area contributed by atoms with Gasteiger partial charge in [-0.1, -0.05) is 6.07 Å². The second-order valence-electron chi connectivity index (χ2n) is 6.28. The third-order valence-electron chi connectivity index (χ3n) is 4.57. The fourth-order valence-corrected chi connectivity index (χ4v) is 4.79. The fourth-order valence-electron chi connectivity index (χ4n) is 2.99. The molecule has 3 rings (SSSR count). The average molecular weight is 347 g/mol. The quantitative estimate of drug-likeness (QED) is 0.851. The summed E-state index contributed by atoms with van der Waals surface area (Å²) in [6, 6.07) is 5.03. The van der Waals surface area contributed by atoms with Crippen LogP contribution >= 0.6 is 0 Å². The smallest absolute Gasteiger partial charge is 0.245 e. The third-order valence-corrected chi connectivity index (χ3v) is 6.67. The van der Waals surface area contributed by atoms with Crippen molar-refractivity contribution in [3.63, 3.8) is 0 Å². The van der Waals surface area contributed by atoms with Crippen LogP contribution in [0.2, 0.25) is 0 Å². The Morgan fingerprint density at radius 2 is 1.96 bits per heavy atom. The zero-order chi connectivity index (χ0) is 17.5. The summed E-state index contributed by atoms with van der Waals surface area (Å²) in [6.45, 7) is 4.32. The summed E-state index contributed by atoms with van der Waals surface area (Å²) in [5, 5.41) is 3.03. The van der Waals surface area contributed by atoms with Crippen LogP contribution in [0.5, 0.6) is 0 Å². The Hall–Kier alpha value is -2.15. The van der Waals surface area contributed by atoms with E-state index >= 15 is 0 Å². The highest BCUT2D eigenvalue weighted by Gasteiger charge is 2.40. The molecule has 128 valence electrons. The minimum absolute atomic E-state index is 0.219. The van der Waals surface area contributed by atoms with Gasteiger partial charge in [-0.2, -0.15) is 5.10 Å². The molecular formula is C17H21N3O3S. The molecule has 0 aliphatic carbocycles. The van der Waals surface area contributed by atoms with Crippen molar-refractivity contribution in [3.8, 4) is 0 Å². The number of amides is 1. The number of nitrogens with zero attached hydrogens (tertiary/aromatic N) is 3. The number of carbonyl (C=O) groups excluding carboxylic acids is 1. The van der Waals surface area contributed by atoms with Crippen molar-refractivity contribution in [2.45, 2.75) is 36.8 Å². The van der Waals surface area contributed by atoms with Gasteiger partial charge < -0.3 is 4.90 Å². The maximum absolute atomic E-state index is 13.0. The summed E-state index contributed by atoms with van der Waals surface area (Å²) in [6.07, 6.45) is 4.31. The van der Waals surface area contributed by atoms with Gasteiger partial charge in [-0.05, 0) is 49.9 Å². The van der Waals surface area contributed by atoms with Gasteiger partial charge in [0.1, 0.15) is 5.25 Å². The molecule has 6 nitrogen and oxygen atoms in total. The van der Waals surface area contributed by atoms with Crippen LogP contribution in [0.25, 0.3) is 0 Å². The number of anilines is 1. The Kier molecular flexibility index (Phi) is 4.21. The molecule has 1 saturated heterocycles. The van der Waals surface area contributed by atoms with E-state index in [4.69, 9.17) is 0 Å². The van der Waals surface area contributed by atoms with Gasteiger partial charge in [0.2, 0.25) is 5.91 Å². The lowest BCUT2D eigenvalue weighted by molar-refractivity contribution is -0.119. The van der Waals surface area contributed by atoms with Crippen LogP contribution in [0.3, 0.4) is 0 Å². The van der Waals surface area contributed by atoms with Gasteiger partial charge in [-0.3, -0.25) is 9.48 Å². The molecule has 1 aliphatic heterocycles. The van der Waals surface area contributed by atoms with Crippen molar-refractivity contribution >= 4 is 21.4 Å². The minimum atomic E-state index is -3.70. The number of hydrogen-bond donors (Lipinski definition) is 0. The van der Waals surface area contributed by atoms with Crippen LogP contribution in [0.4, 0.5) is 5.69 Å². The number of aryl methyl sites for hydroxylation is 3. The first-order valence-corrected chi connectivity index (χ1v) is 9.46. The highest BCUT2D eigenvalue weighted by molar-refractivity contribution is 7.92. The molecule has 0 bridgehead atoms. The number of carbonyl (C=O) groups is 1. The normalized spacial score (nSPS) is 18.9. The zero-order valence-corrected chi connectivity index (χ0v) is 14.9. The standard InChI is InChI=1S/C17H21N3O3S/c1-12-6-7-15(9-13(12)2)24(22,23)16-5-4-8-20(17(16)21)14-10-18-19(3)11-14/h6-7,9-11,16H,4-5,8H2,1-3H3/t16-/m0/s1. The largest absolute Gasteiger partial charge is 0.308 e. The Balaban J connectivity index is 1.95. The van der Waals surface area contributed by atoms with Crippen LogP contribution in [0.15, 0.2) is 35.5 Å². The zero-order valence-electron chi connectivity index (χ0n) is 14.1. The number of sulfone groups is 1. The van der Waals surface area contributed by atoms with E-state index in [1.165, 1.54) is 4.90 Å². The summed E-state index contributed by atoms with van der Waals surface area (Å²) < 4.78 is 27.6. The van der Waals surface area contributed by atoms with E-state index in [2.05, 4.69) is 5.10 Å². The Morgan fingerprint density at radius 3 is 2.58 bits per heavy atom. The van der Waals surface area contributed by atoms with E-state index in [0.717, 1.165) is 11.1 Å². The molecule has 2 aromatic rings. The summed E-state index contributed by atoms with van der Waals surface area (Å²) in [4.78, 5) is 14.6. The molecular weight excluding hydrogens is 326 g/mol. The van der Waals surface area contributed by atoms with Gasteiger partial charge in [-0.15, -0.1) is 0 Å². The second kappa shape index (κ2) is 6.05. The van der Waals surface area contributed by atoms with Crippen LogP contribution in [0, 0.1) is 13.8 Å². The SMILES string of the molecule is Cc1ccc(S(=O)(=O)[C@H]2CCCN(c3cnn(C)c3)C2=O)cc1C. The molecule has 2 heterocycles. The van der Waals surface area contributed by atoms with Crippen molar-refractivity contribution in [3.05, 3.63) is 41.7 Å². The summed E-state index contributed by atoms with van der Waals surface area (Å²) in [7, 11) is -1.94. The van der Waals surface area contributed by atoms with Crippen LogP contribution in [-0.4, -0.2) is 35.9 Å². The molecule has 1 amide bonds. The van der Waals surface area contributed by atoms with Crippen LogP contribution in [-0.2, 0) is 21.7 Å². The first-order valence-electron chi connectivity index (χ1n) is 7.92. The number of hydrogen-bond acceptors (Lipinski definition) is 4. The summed E-state index contributed by atoms with van der Waals surface area (Å²) in [5.74, 6) is -0.368. The Morgan fingerprint density at radius 1 is 1.21 bits per heavy atom. The highest BCUT2D eigenvalue weighted by Crippen LogP contribution is 2.28. The average Bonchev–Trinajstić information content (AvgIpc) is 2.96. The third kappa shape index (κ3) is 2.84. The second-order valence-corrected chi connectivity index (χ2v) is 8.41. The monoisotopic (exact) mass is 347 g/mol. The van der Waals surface area contributed by atoms with E-state index in [9.17, 15) is 13.2 Å². The van der Waals surface area contributed by atoms with E-state index in [1.54, 1.807) is 42.3 Å². The molecule has 1 aromatic carbocycles. The number of piperidine rings is 1. The summed E-state index contributed by atoms with van der Waals surface area (Å²) >= 11 is 0. The molecule has 1 fully saturated rings. The van der Waals surface area contributed by atoms with Crippen molar-refractivity contribution in [2.75, 3.05) is 11.4 Å². The van der Waals surface area contributed by atoms with Gasteiger partial charge in [0, 0.05) is 19.8 Å². The molecule has 0 N–H and O–H groups in total. The molecule has 0 saturated carbocycles. The predicted molar refractivity (Wildman–Crippen MR) is 91.7 cm³/mol. The first kappa shape index (κ1) is 16.7. The van der Waals surface area contributed by atoms with Crippen molar-refractivity contribution < 1.29 is 13.2 Å². The molecule has 0 unspecified atom stereocenters. The van der Waals surface area contributed by atoms with Crippen LogP contribution in [0.1, 0.15) is 24.0 Å². The van der Waals surface area contributed by atoms with E-state index in [1.807, 2.05) is 13.8 Å². The maximum Gasteiger partial charge on any atom is 0.245 e. The number of benzene rings is 1. The van der Waals surface area contributed by atoms with Crippen molar-refractivity contribution in [2.24, 2.45) is 7.05 Å². The van der Waals surface area contributed by atoms with E-state index in [-0.39, 0.29) is 10.8 Å². The molecule has 1 aliphatic rings. The Bertz CT molecular complexity index is 886. The summed E-state index contributed by atoms with van der Waals surface area (Å²) in [5.41, 5.74) is 2.58. The number of rotatable bonds is 3. The lowest BCUT2D eigenvalue weighted by Gasteiger charge is -2.31. The fraction of sp³-hybridized carbons (Fsp3) is 0.412. The van der Waals surface area contributed by atoms with Gasteiger partial charge in [0.15, 0.2) is 9.84 Å². The topological polar surface area (TPSA) is 72.3 Å². The van der Waals surface area contributed by atoms with Gasteiger partial charge in [-0.25, -0.2) is 8.42 Å². The molecule has 7 heteroatoms. The van der Waals surface area contributed by atoms with E-state index < -0.39 is 15.1 Å². The van der Waals surface area contributed by atoms with Crippen molar-refractivity contribution in [1.29, 1.82) is 0 Å². The van der Waals surface area contributed by atoms with Crippen LogP contribution < -0.4 is 4.90 Å². The molecule has 1 aromatic heterocycles. The van der Waals surface area contributed by atoms with E-state index in [0.29, 0.717) is 25.1 Å². The lowest BCUT2D eigenvalue weighted by atomic mass is 10.1. The Labute approximate surface area is 142 Å². The molecule has 0 radical (unpaired) electrons. The first-order chi connectivity index (χ1) is 11.3. The lowest BCUT2D eigenvalue weighted by Crippen LogP contribution is -2.47. The molecule has 24 heavy (non-hydrogen) atoms. The van der Waals surface area contributed by atoms with Gasteiger partial charge in [0.05, 0.1) is 16.8 Å². The van der Waals surface area contributed by atoms with Crippen molar-refractivity contribution in [1.82, 2.24) is 9.78 Å². The van der Waals surface area contributed by atoms with Gasteiger partial charge in [0.25, 0.3) is 0 Å².